The topological polar surface area (TPSA) is 49.3 Å². The van der Waals surface area contributed by atoms with E-state index in [2.05, 4.69) is 24.4 Å². The van der Waals surface area contributed by atoms with Gasteiger partial charge in [0.15, 0.2) is 0 Å². The van der Waals surface area contributed by atoms with Crippen LogP contribution in [0.4, 0.5) is 0 Å². The van der Waals surface area contributed by atoms with Crippen molar-refractivity contribution in [1.29, 1.82) is 0 Å². The van der Waals surface area contributed by atoms with Crippen LogP contribution in [0.25, 0.3) is 0 Å². The molecule has 17 heavy (non-hydrogen) atoms. The van der Waals surface area contributed by atoms with Crippen LogP contribution in [0.5, 0.6) is 0 Å². The quantitative estimate of drug-likeness (QED) is 0.795. The number of rotatable bonds is 6. The molecule has 3 nitrogen and oxygen atoms in total. The summed E-state index contributed by atoms with van der Waals surface area (Å²) in [5.74, 6) is -0.767. The smallest absolute Gasteiger partial charge is 0.310 e. The molecule has 0 bridgehead atoms. The van der Waals surface area contributed by atoms with Crippen LogP contribution in [0.15, 0.2) is 30.3 Å². The minimum atomic E-state index is -0.767. The number of hydrogen-bond donors (Lipinski definition) is 2. The molecule has 0 saturated heterocycles. The van der Waals surface area contributed by atoms with Gasteiger partial charge in [0.25, 0.3) is 0 Å². The molecule has 0 aliphatic carbocycles. The molecular formula is C14H21NO2. The number of carboxylic acids is 1. The van der Waals surface area contributed by atoms with E-state index in [-0.39, 0.29) is 6.04 Å². The molecule has 1 unspecified atom stereocenters. The predicted octanol–water partition coefficient (Wildman–Crippen LogP) is 2.32. The molecular weight excluding hydrogens is 214 g/mol. The zero-order valence-electron chi connectivity index (χ0n) is 10.7. The molecule has 0 aromatic heterocycles. The minimum absolute atomic E-state index is 0.274. The lowest BCUT2D eigenvalue weighted by Crippen LogP contribution is -2.40. The molecule has 0 radical (unpaired) electrons. The number of carbonyl (C=O) groups is 1. The SMILES string of the molecule is CC(Cc1ccccc1)NCC(C)(C)C(=O)O. The molecule has 2 N–H and O–H groups in total. The van der Waals surface area contributed by atoms with Gasteiger partial charge in [0, 0.05) is 12.6 Å². The van der Waals surface area contributed by atoms with Crippen molar-refractivity contribution in [2.75, 3.05) is 6.54 Å². The molecule has 1 aromatic rings. The summed E-state index contributed by atoms with van der Waals surface area (Å²) in [6.07, 6.45) is 0.913. The Hall–Kier alpha value is -1.35. The van der Waals surface area contributed by atoms with Crippen LogP contribution in [0.3, 0.4) is 0 Å². The summed E-state index contributed by atoms with van der Waals surface area (Å²) in [6, 6.07) is 10.5. The van der Waals surface area contributed by atoms with E-state index in [9.17, 15) is 4.79 Å². The Bertz CT molecular complexity index is 360. The van der Waals surface area contributed by atoms with E-state index >= 15 is 0 Å². The Morgan fingerprint density at radius 2 is 1.94 bits per heavy atom. The van der Waals surface area contributed by atoms with Crippen molar-refractivity contribution in [1.82, 2.24) is 5.32 Å². The monoisotopic (exact) mass is 235 g/mol. The minimum Gasteiger partial charge on any atom is -0.481 e. The predicted molar refractivity (Wildman–Crippen MR) is 69.0 cm³/mol. The second kappa shape index (κ2) is 5.82. The first kappa shape index (κ1) is 13.7. The summed E-state index contributed by atoms with van der Waals surface area (Å²) in [7, 11) is 0. The number of hydrogen-bond acceptors (Lipinski definition) is 2. The van der Waals surface area contributed by atoms with E-state index in [0.29, 0.717) is 6.54 Å². The van der Waals surface area contributed by atoms with Crippen molar-refractivity contribution >= 4 is 5.97 Å². The second-order valence-electron chi connectivity index (χ2n) is 5.16. The van der Waals surface area contributed by atoms with Gasteiger partial charge in [-0.3, -0.25) is 4.79 Å². The highest BCUT2D eigenvalue weighted by Crippen LogP contribution is 2.14. The summed E-state index contributed by atoms with van der Waals surface area (Å²) in [5, 5.41) is 12.3. The lowest BCUT2D eigenvalue weighted by molar-refractivity contribution is -0.146. The fourth-order valence-corrected chi connectivity index (χ4v) is 1.54. The fourth-order valence-electron chi connectivity index (χ4n) is 1.54. The zero-order valence-corrected chi connectivity index (χ0v) is 10.7. The number of nitrogens with one attached hydrogen (secondary N) is 1. The number of aliphatic carboxylic acids is 1. The standard InChI is InChI=1S/C14H21NO2/c1-11(9-12-7-5-4-6-8-12)15-10-14(2,3)13(16)17/h4-8,11,15H,9-10H2,1-3H3,(H,16,17). The summed E-state index contributed by atoms with van der Waals surface area (Å²) >= 11 is 0. The van der Waals surface area contributed by atoms with Gasteiger partial charge in [-0.25, -0.2) is 0 Å². The van der Waals surface area contributed by atoms with Crippen molar-refractivity contribution in [3.8, 4) is 0 Å². The summed E-state index contributed by atoms with van der Waals surface area (Å²) in [6.45, 7) is 6.02. The first-order valence-corrected chi connectivity index (χ1v) is 5.92. The van der Waals surface area contributed by atoms with Crippen LogP contribution >= 0.6 is 0 Å². The van der Waals surface area contributed by atoms with Gasteiger partial charge in [0.05, 0.1) is 5.41 Å². The van der Waals surface area contributed by atoms with E-state index in [1.165, 1.54) is 5.56 Å². The molecule has 0 saturated carbocycles. The molecule has 94 valence electrons. The van der Waals surface area contributed by atoms with Gasteiger partial charge < -0.3 is 10.4 Å². The van der Waals surface area contributed by atoms with E-state index in [4.69, 9.17) is 5.11 Å². The van der Waals surface area contributed by atoms with Crippen LogP contribution in [0, 0.1) is 5.41 Å². The van der Waals surface area contributed by atoms with Crippen molar-refractivity contribution < 1.29 is 9.90 Å². The lowest BCUT2D eigenvalue weighted by Gasteiger charge is -2.23. The Balaban J connectivity index is 2.41. The molecule has 0 heterocycles. The second-order valence-corrected chi connectivity index (χ2v) is 5.16. The van der Waals surface area contributed by atoms with E-state index < -0.39 is 11.4 Å². The number of benzene rings is 1. The van der Waals surface area contributed by atoms with Gasteiger partial charge in [0.2, 0.25) is 0 Å². The average molecular weight is 235 g/mol. The summed E-state index contributed by atoms with van der Waals surface area (Å²) in [4.78, 5) is 11.0. The molecule has 3 heteroatoms. The Morgan fingerprint density at radius 3 is 2.47 bits per heavy atom. The van der Waals surface area contributed by atoms with Crippen molar-refractivity contribution in [3.63, 3.8) is 0 Å². The van der Waals surface area contributed by atoms with Crippen molar-refractivity contribution in [3.05, 3.63) is 35.9 Å². The number of carboxylic acid groups (broad SMARTS) is 1. The molecule has 0 amide bonds. The maximum atomic E-state index is 11.0. The molecule has 1 aromatic carbocycles. The maximum absolute atomic E-state index is 11.0. The van der Waals surface area contributed by atoms with Gasteiger partial charge in [-0.05, 0) is 32.8 Å². The summed E-state index contributed by atoms with van der Waals surface area (Å²) in [5.41, 5.74) is 0.547. The molecule has 1 rings (SSSR count). The van der Waals surface area contributed by atoms with Gasteiger partial charge in [-0.2, -0.15) is 0 Å². The van der Waals surface area contributed by atoms with Crippen LogP contribution < -0.4 is 5.32 Å². The van der Waals surface area contributed by atoms with Crippen LogP contribution in [0.2, 0.25) is 0 Å². The lowest BCUT2D eigenvalue weighted by atomic mass is 9.93. The van der Waals surface area contributed by atoms with E-state index in [1.807, 2.05) is 18.2 Å². The molecule has 1 atom stereocenters. The molecule has 0 spiro atoms. The zero-order chi connectivity index (χ0) is 12.9. The molecule has 0 aliphatic rings. The van der Waals surface area contributed by atoms with Gasteiger partial charge in [0.1, 0.15) is 0 Å². The normalized spacial score (nSPS) is 13.4. The van der Waals surface area contributed by atoms with Gasteiger partial charge in [-0.1, -0.05) is 30.3 Å². The average Bonchev–Trinajstić information content (AvgIpc) is 2.28. The maximum Gasteiger partial charge on any atom is 0.310 e. The third kappa shape index (κ3) is 4.57. The Labute approximate surface area is 103 Å². The van der Waals surface area contributed by atoms with Gasteiger partial charge in [-0.15, -0.1) is 0 Å². The largest absolute Gasteiger partial charge is 0.481 e. The van der Waals surface area contributed by atoms with Crippen molar-refractivity contribution in [2.24, 2.45) is 5.41 Å². The van der Waals surface area contributed by atoms with Crippen LogP contribution in [0.1, 0.15) is 26.3 Å². The molecule has 0 fully saturated rings. The first-order valence-electron chi connectivity index (χ1n) is 5.92. The first-order chi connectivity index (χ1) is 7.92. The Morgan fingerprint density at radius 1 is 1.35 bits per heavy atom. The third-order valence-electron chi connectivity index (χ3n) is 2.86. The molecule has 0 aliphatic heterocycles. The summed E-state index contributed by atoms with van der Waals surface area (Å²) < 4.78 is 0. The van der Waals surface area contributed by atoms with E-state index in [0.717, 1.165) is 6.42 Å². The van der Waals surface area contributed by atoms with Gasteiger partial charge >= 0.3 is 5.97 Å². The highest BCUT2D eigenvalue weighted by molar-refractivity contribution is 5.73. The van der Waals surface area contributed by atoms with Crippen LogP contribution in [-0.2, 0) is 11.2 Å². The Kier molecular flexibility index (Phi) is 4.70. The third-order valence-corrected chi connectivity index (χ3v) is 2.86. The van der Waals surface area contributed by atoms with Crippen molar-refractivity contribution in [2.45, 2.75) is 33.2 Å². The highest BCUT2D eigenvalue weighted by atomic mass is 16.4. The van der Waals surface area contributed by atoms with E-state index in [1.54, 1.807) is 13.8 Å². The van der Waals surface area contributed by atoms with Crippen LogP contribution in [-0.4, -0.2) is 23.7 Å². The fraction of sp³-hybridized carbons (Fsp3) is 0.500. The highest BCUT2D eigenvalue weighted by Gasteiger charge is 2.27.